The first kappa shape index (κ1) is 12.6. The van der Waals surface area contributed by atoms with Crippen LogP contribution in [0, 0.1) is 0 Å². The summed E-state index contributed by atoms with van der Waals surface area (Å²) in [6.07, 6.45) is 0. The Morgan fingerprint density at radius 3 is 2.60 bits per heavy atom. The minimum absolute atomic E-state index is 0.0369. The van der Waals surface area contributed by atoms with Gasteiger partial charge < -0.3 is 14.9 Å². The molecule has 0 aliphatic rings. The molecular formula is C10H12Cl2O3. The largest absolute Gasteiger partial charge is 0.489 e. The standard InChI is InChI=1S/C10H12Cl2O3/c1-10(14,5-13)6-15-9-3-2-7(11)4-8(9)12/h2-4,13-14H,5-6H2,1H3. The van der Waals surface area contributed by atoms with Gasteiger partial charge in [0.05, 0.1) is 11.6 Å². The zero-order chi connectivity index (χ0) is 11.5. The van der Waals surface area contributed by atoms with Crippen LogP contribution in [0.3, 0.4) is 0 Å². The summed E-state index contributed by atoms with van der Waals surface area (Å²) in [5.41, 5.74) is -1.27. The van der Waals surface area contributed by atoms with E-state index in [0.717, 1.165) is 0 Å². The number of aliphatic hydroxyl groups excluding tert-OH is 1. The SMILES string of the molecule is CC(O)(CO)COc1ccc(Cl)cc1Cl. The fraction of sp³-hybridized carbons (Fsp3) is 0.400. The van der Waals surface area contributed by atoms with Crippen molar-refractivity contribution in [2.45, 2.75) is 12.5 Å². The van der Waals surface area contributed by atoms with Crippen molar-refractivity contribution in [3.8, 4) is 5.75 Å². The van der Waals surface area contributed by atoms with Crippen LogP contribution in [0.15, 0.2) is 18.2 Å². The Labute approximate surface area is 98.2 Å². The fourth-order valence-electron chi connectivity index (χ4n) is 0.871. The average molecular weight is 251 g/mol. The van der Waals surface area contributed by atoms with Gasteiger partial charge in [-0.2, -0.15) is 0 Å². The second-order valence-corrected chi connectivity index (χ2v) is 4.36. The van der Waals surface area contributed by atoms with E-state index in [1.807, 2.05) is 0 Å². The molecule has 0 saturated heterocycles. The van der Waals surface area contributed by atoms with Gasteiger partial charge in [-0.1, -0.05) is 23.2 Å². The molecule has 0 aliphatic heterocycles. The molecule has 0 aromatic heterocycles. The van der Waals surface area contributed by atoms with Gasteiger partial charge in [-0.3, -0.25) is 0 Å². The van der Waals surface area contributed by atoms with E-state index in [9.17, 15) is 5.11 Å². The van der Waals surface area contributed by atoms with Gasteiger partial charge in [0.1, 0.15) is 18.0 Å². The first-order chi connectivity index (χ1) is 6.94. The van der Waals surface area contributed by atoms with Crippen molar-refractivity contribution in [1.29, 1.82) is 0 Å². The maximum absolute atomic E-state index is 9.49. The molecule has 15 heavy (non-hydrogen) atoms. The van der Waals surface area contributed by atoms with Gasteiger partial charge in [-0.05, 0) is 25.1 Å². The van der Waals surface area contributed by atoms with Crippen molar-refractivity contribution < 1.29 is 14.9 Å². The lowest BCUT2D eigenvalue weighted by Crippen LogP contribution is -2.36. The molecule has 0 saturated carbocycles. The second kappa shape index (κ2) is 5.03. The van der Waals surface area contributed by atoms with Gasteiger partial charge >= 0.3 is 0 Å². The predicted octanol–water partition coefficient (Wildman–Crippen LogP) is 2.12. The summed E-state index contributed by atoms with van der Waals surface area (Å²) < 4.78 is 5.25. The van der Waals surface area contributed by atoms with E-state index in [1.54, 1.807) is 18.2 Å². The van der Waals surface area contributed by atoms with Crippen LogP contribution in [0.2, 0.25) is 10.0 Å². The van der Waals surface area contributed by atoms with Crippen LogP contribution < -0.4 is 4.74 Å². The van der Waals surface area contributed by atoms with E-state index < -0.39 is 5.60 Å². The molecule has 3 nitrogen and oxygen atoms in total. The van der Waals surface area contributed by atoms with Crippen molar-refractivity contribution in [3.05, 3.63) is 28.2 Å². The Morgan fingerprint density at radius 2 is 2.07 bits per heavy atom. The highest BCUT2D eigenvalue weighted by molar-refractivity contribution is 6.35. The third-order valence-corrected chi connectivity index (χ3v) is 2.30. The molecule has 1 aromatic carbocycles. The summed E-state index contributed by atoms with van der Waals surface area (Å²) in [6.45, 7) is 1.06. The zero-order valence-corrected chi connectivity index (χ0v) is 9.72. The number of benzene rings is 1. The second-order valence-electron chi connectivity index (χ2n) is 3.52. The molecule has 1 aromatic rings. The highest BCUT2D eigenvalue weighted by Gasteiger charge is 2.20. The predicted molar refractivity (Wildman–Crippen MR) is 59.7 cm³/mol. The van der Waals surface area contributed by atoms with E-state index in [0.29, 0.717) is 15.8 Å². The van der Waals surface area contributed by atoms with Crippen LogP contribution in [0.5, 0.6) is 5.75 Å². The van der Waals surface area contributed by atoms with Gasteiger partial charge in [-0.15, -0.1) is 0 Å². The smallest absolute Gasteiger partial charge is 0.138 e. The summed E-state index contributed by atoms with van der Waals surface area (Å²) in [7, 11) is 0. The molecule has 2 N–H and O–H groups in total. The molecular weight excluding hydrogens is 239 g/mol. The van der Waals surface area contributed by atoms with Crippen LogP contribution in [-0.2, 0) is 0 Å². The summed E-state index contributed by atoms with van der Waals surface area (Å²) in [5.74, 6) is 0.426. The Kier molecular flexibility index (Phi) is 4.22. The molecule has 84 valence electrons. The molecule has 1 atom stereocenters. The van der Waals surface area contributed by atoms with E-state index >= 15 is 0 Å². The number of hydrogen-bond acceptors (Lipinski definition) is 3. The molecule has 1 unspecified atom stereocenters. The van der Waals surface area contributed by atoms with Crippen LogP contribution >= 0.6 is 23.2 Å². The third kappa shape index (κ3) is 3.87. The fourth-order valence-corrected chi connectivity index (χ4v) is 1.33. The molecule has 0 amide bonds. The van der Waals surface area contributed by atoms with Crippen LogP contribution in [-0.4, -0.2) is 29.0 Å². The summed E-state index contributed by atoms with van der Waals surface area (Å²) >= 11 is 11.6. The molecule has 0 spiro atoms. The van der Waals surface area contributed by atoms with Gasteiger partial charge in [0.15, 0.2) is 0 Å². The highest BCUT2D eigenvalue weighted by atomic mass is 35.5. The van der Waals surface area contributed by atoms with Crippen molar-refractivity contribution in [2.24, 2.45) is 0 Å². The zero-order valence-electron chi connectivity index (χ0n) is 8.20. The van der Waals surface area contributed by atoms with Crippen molar-refractivity contribution in [1.82, 2.24) is 0 Å². The third-order valence-electron chi connectivity index (χ3n) is 1.77. The van der Waals surface area contributed by atoms with E-state index in [2.05, 4.69) is 0 Å². The topological polar surface area (TPSA) is 49.7 Å². The van der Waals surface area contributed by atoms with Crippen LogP contribution in [0.1, 0.15) is 6.92 Å². The van der Waals surface area contributed by atoms with Crippen molar-refractivity contribution in [2.75, 3.05) is 13.2 Å². The Hall–Kier alpha value is -0.480. The lowest BCUT2D eigenvalue weighted by molar-refractivity contribution is -0.0324. The summed E-state index contributed by atoms with van der Waals surface area (Å²) in [5, 5.41) is 19.2. The molecule has 1 rings (SSSR count). The quantitative estimate of drug-likeness (QED) is 0.861. The van der Waals surface area contributed by atoms with Gasteiger partial charge in [-0.25, -0.2) is 0 Å². The monoisotopic (exact) mass is 250 g/mol. The maximum atomic E-state index is 9.49. The minimum Gasteiger partial charge on any atom is -0.489 e. The first-order valence-electron chi connectivity index (χ1n) is 4.36. The van der Waals surface area contributed by atoms with E-state index in [1.165, 1.54) is 6.92 Å². The Morgan fingerprint density at radius 1 is 1.40 bits per heavy atom. The number of halogens is 2. The van der Waals surface area contributed by atoms with Crippen molar-refractivity contribution >= 4 is 23.2 Å². The maximum Gasteiger partial charge on any atom is 0.138 e. The van der Waals surface area contributed by atoms with Crippen LogP contribution in [0.25, 0.3) is 0 Å². The molecule has 0 bridgehead atoms. The van der Waals surface area contributed by atoms with Crippen LogP contribution in [0.4, 0.5) is 0 Å². The Bertz CT molecular complexity index is 339. The lowest BCUT2D eigenvalue weighted by atomic mass is 10.1. The summed E-state index contributed by atoms with van der Waals surface area (Å²) in [4.78, 5) is 0. The van der Waals surface area contributed by atoms with E-state index in [-0.39, 0.29) is 13.2 Å². The first-order valence-corrected chi connectivity index (χ1v) is 5.11. The molecule has 5 heteroatoms. The molecule has 0 aliphatic carbocycles. The van der Waals surface area contributed by atoms with Crippen molar-refractivity contribution in [3.63, 3.8) is 0 Å². The number of aliphatic hydroxyl groups is 2. The molecule has 0 fully saturated rings. The van der Waals surface area contributed by atoms with Gasteiger partial charge in [0.2, 0.25) is 0 Å². The number of ether oxygens (including phenoxy) is 1. The highest BCUT2D eigenvalue weighted by Crippen LogP contribution is 2.27. The Balaban J connectivity index is 2.66. The lowest BCUT2D eigenvalue weighted by Gasteiger charge is -2.20. The van der Waals surface area contributed by atoms with Gasteiger partial charge in [0, 0.05) is 5.02 Å². The molecule has 0 heterocycles. The molecule has 0 radical (unpaired) electrons. The minimum atomic E-state index is -1.27. The number of hydrogen-bond donors (Lipinski definition) is 2. The summed E-state index contributed by atoms with van der Waals surface area (Å²) in [6, 6.07) is 4.79. The van der Waals surface area contributed by atoms with Gasteiger partial charge in [0.25, 0.3) is 0 Å². The number of rotatable bonds is 4. The average Bonchev–Trinajstić information content (AvgIpc) is 2.16. The van der Waals surface area contributed by atoms with E-state index in [4.69, 9.17) is 33.0 Å². The normalized spacial score (nSPS) is 14.7.